The number of pyridine rings is 1. The molecule has 9 heteroatoms. The fraction of sp³-hybridized carbons (Fsp3) is 0.417. The van der Waals surface area contributed by atoms with Crippen molar-refractivity contribution in [3.63, 3.8) is 0 Å². The lowest BCUT2D eigenvalue weighted by Gasteiger charge is -2.17. The number of nitrogens with zero attached hydrogens (tertiary/aromatic N) is 2. The Hall–Kier alpha value is -2.50. The zero-order valence-electron chi connectivity index (χ0n) is 11.4. The molecule has 0 N–H and O–H groups in total. The van der Waals surface area contributed by atoms with E-state index in [0.717, 1.165) is 14.2 Å². The van der Waals surface area contributed by atoms with Crippen molar-refractivity contribution in [2.75, 3.05) is 20.8 Å². The van der Waals surface area contributed by atoms with Gasteiger partial charge in [0.2, 0.25) is 5.88 Å². The molecule has 6 nitrogen and oxygen atoms in total. The van der Waals surface area contributed by atoms with E-state index in [1.807, 2.05) is 0 Å². The normalized spacial score (nSPS) is 10.7. The highest BCUT2D eigenvalue weighted by atomic mass is 19.4. The minimum absolute atomic E-state index is 0.146. The average molecular weight is 304 g/mol. The van der Waals surface area contributed by atoms with Crippen LogP contribution in [0.15, 0.2) is 0 Å². The summed E-state index contributed by atoms with van der Waals surface area (Å²) in [6.07, 6.45) is -4.95. The maximum Gasteiger partial charge on any atom is 0.434 e. The lowest BCUT2D eigenvalue weighted by molar-refractivity contribution is -0.142. The summed E-state index contributed by atoms with van der Waals surface area (Å²) in [5.74, 6) is -2.46. The summed E-state index contributed by atoms with van der Waals surface area (Å²) in [5, 5.41) is 9.01. The van der Waals surface area contributed by atoms with E-state index in [-0.39, 0.29) is 6.61 Å². The van der Waals surface area contributed by atoms with Crippen molar-refractivity contribution in [3.8, 4) is 17.7 Å². The third kappa shape index (κ3) is 3.16. The summed E-state index contributed by atoms with van der Waals surface area (Å²) in [6.45, 7) is 1.28. The molecule has 21 heavy (non-hydrogen) atoms. The second kappa shape index (κ2) is 6.30. The Balaban J connectivity index is 3.79. The van der Waals surface area contributed by atoms with Crippen molar-refractivity contribution in [3.05, 3.63) is 16.8 Å². The Bertz CT molecular complexity index is 594. The van der Waals surface area contributed by atoms with Crippen molar-refractivity contribution < 1.29 is 32.2 Å². The van der Waals surface area contributed by atoms with E-state index >= 15 is 0 Å². The van der Waals surface area contributed by atoms with E-state index in [4.69, 9.17) is 10.00 Å². The van der Waals surface area contributed by atoms with Gasteiger partial charge in [0.15, 0.2) is 17.0 Å². The quantitative estimate of drug-likeness (QED) is 0.793. The van der Waals surface area contributed by atoms with Crippen LogP contribution in [0, 0.1) is 11.3 Å². The van der Waals surface area contributed by atoms with E-state index in [1.165, 1.54) is 6.92 Å². The predicted molar refractivity (Wildman–Crippen MR) is 63.0 cm³/mol. The Morgan fingerprint density at radius 3 is 2.33 bits per heavy atom. The van der Waals surface area contributed by atoms with E-state index in [1.54, 1.807) is 6.07 Å². The van der Waals surface area contributed by atoms with Crippen LogP contribution in [0.1, 0.15) is 28.5 Å². The van der Waals surface area contributed by atoms with E-state index in [2.05, 4.69) is 14.5 Å². The molecule has 0 aliphatic carbocycles. The fourth-order valence-corrected chi connectivity index (χ4v) is 1.59. The SMILES string of the molecule is CCOC(=O)c1c(C(F)(F)F)nc(OC)c(C#N)c1OC. The van der Waals surface area contributed by atoms with Gasteiger partial charge in [-0.05, 0) is 6.92 Å². The molecular weight excluding hydrogens is 293 g/mol. The first-order chi connectivity index (χ1) is 9.81. The van der Waals surface area contributed by atoms with Crippen LogP contribution in [-0.4, -0.2) is 31.8 Å². The molecule has 0 atom stereocenters. The zero-order chi connectivity index (χ0) is 16.2. The molecule has 0 amide bonds. The first-order valence-corrected chi connectivity index (χ1v) is 5.62. The van der Waals surface area contributed by atoms with Crippen LogP contribution >= 0.6 is 0 Å². The number of rotatable bonds is 4. The van der Waals surface area contributed by atoms with Crippen molar-refractivity contribution in [1.29, 1.82) is 5.26 Å². The maximum atomic E-state index is 13.1. The van der Waals surface area contributed by atoms with Crippen LogP contribution in [0.4, 0.5) is 13.2 Å². The van der Waals surface area contributed by atoms with Gasteiger partial charge in [-0.1, -0.05) is 0 Å². The molecular formula is C12H11F3N2O4. The molecule has 1 heterocycles. The van der Waals surface area contributed by atoms with Gasteiger partial charge in [-0.25, -0.2) is 9.78 Å². The van der Waals surface area contributed by atoms with Crippen LogP contribution in [0.2, 0.25) is 0 Å². The van der Waals surface area contributed by atoms with Crippen LogP contribution in [0.5, 0.6) is 11.6 Å². The summed E-state index contributed by atoms with van der Waals surface area (Å²) >= 11 is 0. The topological polar surface area (TPSA) is 81.4 Å². The molecule has 0 saturated carbocycles. The number of esters is 1. The van der Waals surface area contributed by atoms with Gasteiger partial charge in [-0.15, -0.1) is 0 Å². The number of hydrogen-bond acceptors (Lipinski definition) is 6. The van der Waals surface area contributed by atoms with Gasteiger partial charge < -0.3 is 14.2 Å². The minimum atomic E-state index is -4.95. The molecule has 0 unspecified atom stereocenters. The molecule has 0 spiro atoms. The first-order valence-electron chi connectivity index (χ1n) is 5.62. The second-order valence-corrected chi connectivity index (χ2v) is 3.58. The highest BCUT2D eigenvalue weighted by Crippen LogP contribution is 2.40. The van der Waals surface area contributed by atoms with Crippen molar-refractivity contribution in [2.24, 2.45) is 0 Å². The summed E-state index contributed by atoms with van der Waals surface area (Å²) in [6, 6.07) is 1.59. The molecule has 0 radical (unpaired) electrons. The largest absolute Gasteiger partial charge is 0.494 e. The number of carbonyl (C=O) groups excluding carboxylic acids is 1. The molecule has 0 aliphatic heterocycles. The van der Waals surface area contributed by atoms with Gasteiger partial charge in [0.05, 0.1) is 20.8 Å². The zero-order valence-corrected chi connectivity index (χ0v) is 11.4. The molecule has 0 aromatic carbocycles. The minimum Gasteiger partial charge on any atom is -0.494 e. The van der Waals surface area contributed by atoms with Gasteiger partial charge in [-0.3, -0.25) is 0 Å². The highest BCUT2D eigenvalue weighted by Gasteiger charge is 2.42. The molecule has 1 aromatic rings. The lowest BCUT2D eigenvalue weighted by Crippen LogP contribution is -2.20. The van der Waals surface area contributed by atoms with Crippen LogP contribution in [-0.2, 0) is 10.9 Å². The standard InChI is InChI=1S/C12H11F3N2O4/c1-4-21-11(18)7-8(19-2)6(5-16)10(20-3)17-9(7)12(13,14)15/h4H2,1-3H3. The summed E-state index contributed by atoms with van der Waals surface area (Å²) in [4.78, 5) is 15.0. The van der Waals surface area contributed by atoms with E-state index in [0.29, 0.717) is 0 Å². The number of halogens is 3. The van der Waals surface area contributed by atoms with E-state index < -0.39 is 40.6 Å². The second-order valence-electron chi connectivity index (χ2n) is 3.58. The summed E-state index contributed by atoms with van der Waals surface area (Å²) < 4.78 is 53.1. The van der Waals surface area contributed by atoms with E-state index in [9.17, 15) is 18.0 Å². The van der Waals surface area contributed by atoms with Gasteiger partial charge in [0.1, 0.15) is 11.6 Å². The molecule has 0 bridgehead atoms. The summed E-state index contributed by atoms with van der Waals surface area (Å²) in [5.41, 5.74) is -2.91. The fourth-order valence-electron chi connectivity index (χ4n) is 1.59. The number of aromatic nitrogens is 1. The Labute approximate surface area is 118 Å². The Morgan fingerprint density at radius 1 is 1.33 bits per heavy atom. The average Bonchev–Trinajstić information content (AvgIpc) is 2.43. The maximum absolute atomic E-state index is 13.1. The smallest absolute Gasteiger partial charge is 0.434 e. The monoisotopic (exact) mass is 304 g/mol. The molecule has 1 rings (SSSR count). The molecule has 0 aliphatic rings. The highest BCUT2D eigenvalue weighted by molar-refractivity contribution is 5.95. The van der Waals surface area contributed by atoms with Crippen molar-refractivity contribution in [2.45, 2.75) is 13.1 Å². The van der Waals surface area contributed by atoms with Crippen LogP contribution in [0.3, 0.4) is 0 Å². The van der Waals surface area contributed by atoms with Gasteiger partial charge in [0.25, 0.3) is 0 Å². The number of hydrogen-bond donors (Lipinski definition) is 0. The van der Waals surface area contributed by atoms with Gasteiger partial charge in [0, 0.05) is 0 Å². The number of methoxy groups -OCH3 is 2. The third-order valence-corrected chi connectivity index (χ3v) is 2.38. The number of alkyl halides is 3. The van der Waals surface area contributed by atoms with Gasteiger partial charge >= 0.3 is 12.1 Å². The van der Waals surface area contributed by atoms with Crippen LogP contribution < -0.4 is 9.47 Å². The summed E-state index contributed by atoms with van der Waals surface area (Å²) in [7, 11) is 2.07. The molecule has 0 saturated heterocycles. The molecule has 0 fully saturated rings. The van der Waals surface area contributed by atoms with Crippen molar-refractivity contribution in [1.82, 2.24) is 4.98 Å². The molecule has 1 aromatic heterocycles. The predicted octanol–water partition coefficient (Wildman–Crippen LogP) is 2.17. The molecule has 114 valence electrons. The van der Waals surface area contributed by atoms with Crippen LogP contribution in [0.25, 0.3) is 0 Å². The van der Waals surface area contributed by atoms with Crippen molar-refractivity contribution >= 4 is 5.97 Å². The Morgan fingerprint density at radius 2 is 1.95 bits per heavy atom. The number of carbonyl (C=O) groups is 1. The van der Waals surface area contributed by atoms with Gasteiger partial charge in [-0.2, -0.15) is 18.4 Å². The Kier molecular flexibility index (Phi) is 4.97. The number of nitriles is 1. The third-order valence-electron chi connectivity index (χ3n) is 2.38. The lowest BCUT2D eigenvalue weighted by atomic mass is 10.1. The number of ether oxygens (including phenoxy) is 3. The first kappa shape index (κ1) is 16.6.